The zero-order valence-corrected chi connectivity index (χ0v) is 15.9. The van der Waals surface area contributed by atoms with E-state index in [1.807, 2.05) is 55.5 Å². The van der Waals surface area contributed by atoms with Gasteiger partial charge in [-0.2, -0.15) is 0 Å². The molecule has 2 N–H and O–H groups in total. The maximum atomic E-state index is 12.7. The molecule has 5 heteroatoms. The second kappa shape index (κ2) is 8.48. The van der Waals surface area contributed by atoms with E-state index in [1.165, 1.54) is 6.92 Å². The summed E-state index contributed by atoms with van der Waals surface area (Å²) in [4.78, 5) is 37.1. The summed E-state index contributed by atoms with van der Waals surface area (Å²) >= 11 is 0. The van der Waals surface area contributed by atoms with Crippen molar-refractivity contribution in [1.29, 1.82) is 0 Å². The van der Waals surface area contributed by atoms with Gasteiger partial charge in [0.15, 0.2) is 0 Å². The van der Waals surface area contributed by atoms with Crippen LogP contribution in [0, 0.1) is 12.8 Å². The van der Waals surface area contributed by atoms with Crippen molar-refractivity contribution in [3.8, 4) is 0 Å². The van der Waals surface area contributed by atoms with Gasteiger partial charge in [-0.05, 0) is 37.4 Å². The Bertz CT molecular complexity index is 1020. The number of fused-ring (bicyclic) bond motifs is 1. The minimum Gasteiger partial charge on any atom is -0.326 e. The SMILES string of the molecule is CC(=O)C(CC(=O)Nc1ccc(C)cc1)C(=O)Nc1cccc2ccccc12. The number of amides is 2. The van der Waals surface area contributed by atoms with Crippen molar-refractivity contribution in [3.05, 3.63) is 72.3 Å². The summed E-state index contributed by atoms with van der Waals surface area (Å²) in [5, 5.41) is 7.40. The van der Waals surface area contributed by atoms with Crippen LogP contribution in [0.4, 0.5) is 11.4 Å². The second-order valence-corrected chi connectivity index (χ2v) is 6.80. The Hall–Kier alpha value is -3.47. The molecule has 3 rings (SSSR count). The molecule has 1 atom stereocenters. The van der Waals surface area contributed by atoms with Crippen LogP contribution < -0.4 is 10.6 Å². The summed E-state index contributed by atoms with van der Waals surface area (Å²) in [6.45, 7) is 3.28. The molecule has 0 spiro atoms. The standard InChI is InChI=1S/C23H22N2O3/c1-15-10-12-18(13-11-15)24-22(27)14-20(16(2)26)23(28)25-21-9-5-7-17-6-3-4-8-19(17)21/h3-13,20H,14H2,1-2H3,(H,24,27)(H,25,28). The van der Waals surface area contributed by atoms with Gasteiger partial charge in [0, 0.05) is 23.2 Å². The lowest BCUT2D eigenvalue weighted by Gasteiger charge is -2.15. The van der Waals surface area contributed by atoms with Crippen LogP contribution in [0.15, 0.2) is 66.7 Å². The van der Waals surface area contributed by atoms with Gasteiger partial charge in [0.2, 0.25) is 11.8 Å². The van der Waals surface area contributed by atoms with Crippen LogP contribution in [-0.2, 0) is 14.4 Å². The van der Waals surface area contributed by atoms with Crippen LogP contribution in [0.25, 0.3) is 10.8 Å². The number of hydrogen-bond acceptors (Lipinski definition) is 3. The Kier molecular flexibility index (Phi) is 5.84. The number of hydrogen-bond donors (Lipinski definition) is 2. The van der Waals surface area contributed by atoms with Gasteiger partial charge >= 0.3 is 0 Å². The average Bonchev–Trinajstić information content (AvgIpc) is 2.68. The van der Waals surface area contributed by atoms with Gasteiger partial charge in [0.05, 0.1) is 0 Å². The van der Waals surface area contributed by atoms with E-state index < -0.39 is 11.8 Å². The van der Waals surface area contributed by atoms with Gasteiger partial charge in [0.1, 0.15) is 11.7 Å². The summed E-state index contributed by atoms with van der Waals surface area (Å²) < 4.78 is 0. The zero-order chi connectivity index (χ0) is 20.1. The Balaban J connectivity index is 1.72. The first-order valence-electron chi connectivity index (χ1n) is 9.09. The summed E-state index contributed by atoms with van der Waals surface area (Å²) in [7, 11) is 0. The van der Waals surface area contributed by atoms with Gasteiger partial charge in [-0.1, -0.05) is 54.1 Å². The van der Waals surface area contributed by atoms with Crippen LogP contribution in [0.5, 0.6) is 0 Å². The number of benzene rings is 3. The van der Waals surface area contributed by atoms with E-state index in [9.17, 15) is 14.4 Å². The van der Waals surface area contributed by atoms with Crippen LogP contribution in [-0.4, -0.2) is 17.6 Å². The molecule has 0 saturated carbocycles. The highest BCUT2D eigenvalue weighted by atomic mass is 16.2. The molecule has 28 heavy (non-hydrogen) atoms. The molecule has 0 aromatic heterocycles. The lowest BCUT2D eigenvalue weighted by atomic mass is 9.99. The maximum Gasteiger partial charge on any atom is 0.235 e. The van der Waals surface area contributed by atoms with Crippen molar-refractivity contribution >= 4 is 39.7 Å². The Morgan fingerprint density at radius 2 is 1.54 bits per heavy atom. The monoisotopic (exact) mass is 374 g/mol. The normalized spacial score (nSPS) is 11.6. The first-order valence-corrected chi connectivity index (χ1v) is 9.09. The molecule has 0 bridgehead atoms. The molecule has 5 nitrogen and oxygen atoms in total. The predicted octanol–water partition coefficient (Wildman–Crippen LogP) is 4.32. The molecule has 0 heterocycles. The van der Waals surface area contributed by atoms with E-state index in [-0.39, 0.29) is 18.1 Å². The number of carbonyl (C=O) groups is 3. The Morgan fingerprint density at radius 1 is 0.857 bits per heavy atom. The summed E-state index contributed by atoms with van der Waals surface area (Å²) in [6, 6.07) is 20.5. The summed E-state index contributed by atoms with van der Waals surface area (Å²) in [5.41, 5.74) is 2.33. The smallest absolute Gasteiger partial charge is 0.235 e. The third kappa shape index (κ3) is 4.62. The summed E-state index contributed by atoms with van der Waals surface area (Å²) in [5.74, 6) is -2.26. The topological polar surface area (TPSA) is 75.3 Å². The van der Waals surface area contributed by atoms with Crippen molar-refractivity contribution in [1.82, 2.24) is 0 Å². The lowest BCUT2D eigenvalue weighted by Crippen LogP contribution is -2.32. The predicted molar refractivity (Wildman–Crippen MR) is 111 cm³/mol. The van der Waals surface area contributed by atoms with Gasteiger partial charge < -0.3 is 10.6 Å². The van der Waals surface area contributed by atoms with Gasteiger partial charge in [-0.25, -0.2) is 0 Å². The molecule has 3 aromatic carbocycles. The number of rotatable bonds is 6. The molecule has 2 amide bonds. The molecule has 0 fully saturated rings. The second-order valence-electron chi connectivity index (χ2n) is 6.80. The van der Waals surface area contributed by atoms with E-state index >= 15 is 0 Å². The van der Waals surface area contributed by atoms with Crippen LogP contribution in [0.1, 0.15) is 18.9 Å². The molecule has 0 aliphatic carbocycles. The number of Topliss-reactive ketones (excluding diaryl/α,β-unsaturated/α-hetero) is 1. The minimum absolute atomic E-state index is 0.209. The first kappa shape index (κ1) is 19.3. The van der Waals surface area contributed by atoms with Crippen molar-refractivity contribution in [2.24, 2.45) is 5.92 Å². The molecule has 142 valence electrons. The van der Waals surface area contributed by atoms with Gasteiger partial charge in [0.25, 0.3) is 0 Å². The van der Waals surface area contributed by atoms with Crippen LogP contribution in [0.2, 0.25) is 0 Å². The third-order valence-corrected chi connectivity index (χ3v) is 4.58. The molecule has 0 radical (unpaired) electrons. The van der Waals surface area contributed by atoms with Gasteiger partial charge in [-0.3, -0.25) is 14.4 Å². The minimum atomic E-state index is -1.05. The van der Waals surface area contributed by atoms with E-state index in [2.05, 4.69) is 10.6 Å². The lowest BCUT2D eigenvalue weighted by molar-refractivity contribution is -0.133. The highest BCUT2D eigenvalue weighted by Crippen LogP contribution is 2.24. The van der Waals surface area contributed by atoms with E-state index in [0.717, 1.165) is 16.3 Å². The molecule has 0 aliphatic heterocycles. The highest BCUT2D eigenvalue weighted by molar-refractivity contribution is 6.12. The number of nitrogens with one attached hydrogen (secondary N) is 2. The molecular weight excluding hydrogens is 352 g/mol. The number of anilines is 2. The van der Waals surface area contributed by atoms with Crippen molar-refractivity contribution < 1.29 is 14.4 Å². The molecule has 3 aromatic rings. The molecular formula is C23H22N2O3. The van der Waals surface area contributed by atoms with Crippen molar-refractivity contribution in [2.75, 3.05) is 10.6 Å². The third-order valence-electron chi connectivity index (χ3n) is 4.58. The van der Waals surface area contributed by atoms with Crippen LogP contribution >= 0.6 is 0 Å². The average molecular weight is 374 g/mol. The first-order chi connectivity index (χ1) is 13.4. The van der Waals surface area contributed by atoms with E-state index in [0.29, 0.717) is 11.4 Å². The number of ketones is 1. The fraction of sp³-hybridized carbons (Fsp3) is 0.174. The Morgan fingerprint density at radius 3 is 2.25 bits per heavy atom. The van der Waals surface area contributed by atoms with Crippen LogP contribution in [0.3, 0.4) is 0 Å². The number of carbonyl (C=O) groups excluding carboxylic acids is 3. The molecule has 0 saturated heterocycles. The Labute approximate surface area is 163 Å². The van der Waals surface area contributed by atoms with Crippen molar-refractivity contribution in [2.45, 2.75) is 20.3 Å². The quantitative estimate of drug-likeness (QED) is 0.631. The summed E-state index contributed by atoms with van der Waals surface area (Å²) in [6.07, 6.45) is -0.209. The molecule has 0 aliphatic rings. The van der Waals surface area contributed by atoms with E-state index in [4.69, 9.17) is 0 Å². The van der Waals surface area contributed by atoms with E-state index in [1.54, 1.807) is 18.2 Å². The van der Waals surface area contributed by atoms with Crippen molar-refractivity contribution in [3.63, 3.8) is 0 Å². The highest BCUT2D eigenvalue weighted by Gasteiger charge is 2.26. The fourth-order valence-electron chi connectivity index (χ4n) is 3.01. The number of aryl methyl sites for hydroxylation is 1. The van der Waals surface area contributed by atoms with Gasteiger partial charge in [-0.15, -0.1) is 0 Å². The zero-order valence-electron chi connectivity index (χ0n) is 15.9. The molecule has 1 unspecified atom stereocenters. The largest absolute Gasteiger partial charge is 0.326 e. The fourth-order valence-corrected chi connectivity index (χ4v) is 3.01. The maximum absolute atomic E-state index is 12.7.